The zero-order valence-electron chi connectivity index (χ0n) is 18.8. The second kappa shape index (κ2) is 10.5. The molecule has 0 aliphatic heterocycles. The molecule has 0 aliphatic rings. The standard InChI is InChI=1S/C22H26N6O4S/c1-4-33-22-26-19(23-9-11-30-2)15-13-25-28(20(15)27-22)10-8-24-21(29)17-12-14-6-5-7-16(31-3)18(14)32-17/h5-7,12-13H,4,8-11H2,1-3H3,(H,24,29)(H,23,26,27). The van der Waals surface area contributed by atoms with Gasteiger partial charge < -0.3 is 24.5 Å². The Morgan fingerprint density at radius 1 is 1.24 bits per heavy atom. The van der Waals surface area contributed by atoms with Crippen molar-refractivity contribution >= 4 is 45.5 Å². The minimum absolute atomic E-state index is 0.230. The molecule has 10 nitrogen and oxygen atoms in total. The Hall–Kier alpha value is -3.31. The summed E-state index contributed by atoms with van der Waals surface area (Å²) in [6.07, 6.45) is 1.73. The zero-order valence-corrected chi connectivity index (χ0v) is 19.6. The number of fused-ring (bicyclic) bond motifs is 2. The van der Waals surface area contributed by atoms with Gasteiger partial charge in [-0.05, 0) is 17.9 Å². The molecule has 33 heavy (non-hydrogen) atoms. The SMILES string of the molecule is CCSc1nc(NCCOC)c2cnn(CCNC(=O)c3cc4cccc(OC)c4o3)c2n1. The molecule has 3 aromatic heterocycles. The average Bonchev–Trinajstić information content (AvgIpc) is 3.44. The van der Waals surface area contributed by atoms with E-state index >= 15 is 0 Å². The van der Waals surface area contributed by atoms with Gasteiger partial charge in [0, 0.05) is 25.6 Å². The van der Waals surface area contributed by atoms with E-state index in [1.807, 2.05) is 12.1 Å². The van der Waals surface area contributed by atoms with Crippen LogP contribution in [0.4, 0.5) is 5.82 Å². The molecular formula is C22H26N6O4S. The zero-order chi connectivity index (χ0) is 23.2. The van der Waals surface area contributed by atoms with Gasteiger partial charge in [0.2, 0.25) is 0 Å². The molecule has 0 saturated heterocycles. The summed E-state index contributed by atoms with van der Waals surface area (Å²) >= 11 is 1.56. The number of para-hydroxylation sites is 1. The van der Waals surface area contributed by atoms with Crippen LogP contribution in [0.15, 0.2) is 40.0 Å². The number of anilines is 1. The highest BCUT2D eigenvalue weighted by molar-refractivity contribution is 7.99. The van der Waals surface area contributed by atoms with Gasteiger partial charge in [0.25, 0.3) is 5.91 Å². The Kier molecular flexibility index (Phi) is 7.30. The van der Waals surface area contributed by atoms with Crippen molar-refractivity contribution in [2.24, 2.45) is 0 Å². The van der Waals surface area contributed by atoms with E-state index in [1.165, 1.54) is 0 Å². The van der Waals surface area contributed by atoms with Gasteiger partial charge in [-0.1, -0.05) is 30.8 Å². The number of rotatable bonds is 11. The average molecular weight is 471 g/mol. The molecule has 4 rings (SSSR count). The van der Waals surface area contributed by atoms with Gasteiger partial charge in [-0.15, -0.1) is 0 Å². The third-order valence-corrected chi connectivity index (χ3v) is 5.64. The molecule has 4 aromatic rings. The van der Waals surface area contributed by atoms with Crippen LogP contribution in [-0.4, -0.2) is 65.3 Å². The lowest BCUT2D eigenvalue weighted by Crippen LogP contribution is -2.27. The third kappa shape index (κ3) is 5.04. The van der Waals surface area contributed by atoms with E-state index < -0.39 is 0 Å². The van der Waals surface area contributed by atoms with Crippen molar-refractivity contribution in [3.05, 3.63) is 36.2 Å². The van der Waals surface area contributed by atoms with Crippen molar-refractivity contribution in [3.63, 3.8) is 0 Å². The van der Waals surface area contributed by atoms with Crippen LogP contribution in [-0.2, 0) is 11.3 Å². The molecule has 0 bridgehead atoms. The van der Waals surface area contributed by atoms with E-state index in [0.29, 0.717) is 48.4 Å². The van der Waals surface area contributed by atoms with Gasteiger partial charge in [-0.25, -0.2) is 14.6 Å². The van der Waals surface area contributed by atoms with Crippen LogP contribution in [0.2, 0.25) is 0 Å². The summed E-state index contributed by atoms with van der Waals surface area (Å²) < 4.78 is 17.9. The highest BCUT2D eigenvalue weighted by atomic mass is 32.2. The lowest BCUT2D eigenvalue weighted by molar-refractivity contribution is 0.0926. The molecule has 0 radical (unpaired) electrons. The van der Waals surface area contributed by atoms with Crippen molar-refractivity contribution < 1.29 is 18.7 Å². The molecule has 1 amide bonds. The normalized spacial score (nSPS) is 11.2. The Morgan fingerprint density at radius 2 is 2.12 bits per heavy atom. The lowest BCUT2D eigenvalue weighted by Gasteiger charge is -2.09. The lowest BCUT2D eigenvalue weighted by atomic mass is 10.2. The predicted octanol–water partition coefficient (Wildman–Crippen LogP) is 3.18. The van der Waals surface area contributed by atoms with Crippen LogP contribution in [0, 0.1) is 0 Å². The van der Waals surface area contributed by atoms with Crippen LogP contribution >= 0.6 is 11.8 Å². The first-order valence-electron chi connectivity index (χ1n) is 10.6. The Balaban J connectivity index is 1.47. The molecule has 3 heterocycles. The predicted molar refractivity (Wildman–Crippen MR) is 127 cm³/mol. The monoisotopic (exact) mass is 470 g/mol. The van der Waals surface area contributed by atoms with Crippen LogP contribution in [0.1, 0.15) is 17.5 Å². The number of nitrogens with zero attached hydrogens (tertiary/aromatic N) is 4. The number of carbonyl (C=O) groups excluding carboxylic acids is 1. The number of ether oxygens (including phenoxy) is 2. The maximum absolute atomic E-state index is 12.6. The van der Waals surface area contributed by atoms with Crippen molar-refractivity contribution in [2.75, 3.05) is 45.0 Å². The number of methoxy groups -OCH3 is 2. The molecule has 0 unspecified atom stereocenters. The van der Waals surface area contributed by atoms with E-state index in [9.17, 15) is 4.79 Å². The molecule has 0 aliphatic carbocycles. The number of hydrogen-bond acceptors (Lipinski definition) is 9. The van der Waals surface area contributed by atoms with Crippen LogP contribution in [0.5, 0.6) is 5.75 Å². The largest absolute Gasteiger partial charge is 0.493 e. The Labute approximate surface area is 195 Å². The number of amides is 1. The summed E-state index contributed by atoms with van der Waals surface area (Å²) in [7, 11) is 3.22. The van der Waals surface area contributed by atoms with Gasteiger partial charge in [-0.3, -0.25) is 4.79 Å². The van der Waals surface area contributed by atoms with Crippen molar-refractivity contribution in [1.29, 1.82) is 0 Å². The highest BCUT2D eigenvalue weighted by Crippen LogP contribution is 2.28. The molecule has 1 aromatic carbocycles. The maximum atomic E-state index is 12.6. The topological polar surface area (TPSA) is 116 Å². The molecule has 0 saturated carbocycles. The highest BCUT2D eigenvalue weighted by Gasteiger charge is 2.16. The first-order valence-corrected chi connectivity index (χ1v) is 11.6. The molecule has 174 valence electrons. The van der Waals surface area contributed by atoms with Crippen LogP contribution in [0.3, 0.4) is 0 Å². The van der Waals surface area contributed by atoms with Crippen molar-refractivity contribution in [3.8, 4) is 5.75 Å². The maximum Gasteiger partial charge on any atom is 0.287 e. The van der Waals surface area contributed by atoms with Gasteiger partial charge in [0.1, 0.15) is 5.82 Å². The van der Waals surface area contributed by atoms with Crippen LogP contribution in [0.25, 0.3) is 22.0 Å². The summed E-state index contributed by atoms with van der Waals surface area (Å²) in [5.41, 5.74) is 1.26. The molecule has 11 heteroatoms. The minimum Gasteiger partial charge on any atom is -0.493 e. The van der Waals surface area contributed by atoms with Crippen LogP contribution < -0.4 is 15.4 Å². The summed E-state index contributed by atoms with van der Waals surface area (Å²) in [5, 5.41) is 12.9. The first-order chi connectivity index (χ1) is 16.1. The first kappa shape index (κ1) is 22.9. The quantitative estimate of drug-likeness (QED) is 0.194. The Morgan fingerprint density at radius 3 is 2.91 bits per heavy atom. The van der Waals surface area contributed by atoms with Crippen molar-refractivity contribution in [1.82, 2.24) is 25.1 Å². The molecular weight excluding hydrogens is 444 g/mol. The minimum atomic E-state index is -0.302. The second-order valence-corrected chi connectivity index (χ2v) is 8.29. The second-order valence-electron chi connectivity index (χ2n) is 7.06. The Bertz CT molecular complexity index is 1250. The van der Waals surface area contributed by atoms with E-state index in [-0.39, 0.29) is 11.7 Å². The van der Waals surface area contributed by atoms with E-state index in [1.54, 1.807) is 49.0 Å². The fraction of sp³-hybridized carbons (Fsp3) is 0.364. The fourth-order valence-corrected chi connectivity index (χ4v) is 3.94. The van der Waals surface area contributed by atoms with E-state index in [2.05, 4.69) is 32.6 Å². The number of carbonyl (C=O) groups is 1. The van der Waals surface area contributed by atoms with Gasteiger partial charge in [0.05, 0.1) is 31.8 Å². The summed E-state index contributed by atoms with van der Waals surface area (Å²) in [6.45, 7) is 4.05. The summed E-state index contributed by atoms with van der Waals surface area (Å²) in [4.78, 5) is 21.9. The fourth-order valence-electron chi connectivity index (χ4n) is 3.37. The van der Waals surface area contributed by atoms with Crippen molar-refractivity contribution in [2.45, 2.75) is 18.6 Å². The number of nitrogens with one attached hydrogen (secondary N) is 2. The smallest absolute Gasteiger partial charge is 0.287 e. The number of thioether (sulfide) groups is 1. The van der Waals surface area contributed by atoms with Gasteiger partial charge in [0.15, 0.2) is 27.9 Å². The number of hydrogen-bond donors (Lipinski definition) is 2. The van der Waals surface area contributed by atoms with Gasteiger partial charge in [-0.2, -0.15) is 5.10 Å². The molecule has 0 spiro atoms. The van der Waals surface area contributed by atoms with Gasteiger partial charge >= 0.3 is 0 Å². The number of benzene rings is 1. The third-order valence-electron chi connectivity index (χ3n) is 4.91. The number of furan rings is 1. The van der Waals surface area contributed by atoms with E-state index in [0.717, 1.165) is 22.3 Å². The number of aromatic nitrogens is 4. The summed E-state index contributed by atoms with van der Waals surface area (Å²) in [5.74, 6) is 2.09. The van der Waals surface area contributed by atoms with E-state index in [4.69, 9.17) is 13.9 Å². The molecule has 0 atom stereocenters. The molecule has 2 N–H and O–H groups in total. The molecule has 0 fully saturated rings. The summed E-state index contributed by atoms with van der Waals surface area (Å²) in [6, 6.07) is 7.22.